The molecule has 2 aliphatic rings. The first-order chi connectivity index (χ1) is 27.9. The molecule has 0 radical (unpaired) electrons. The number of esters is 1. The van der Waals surface area contributed by atoms with Gasteiger partial charge in [0.1, 0.15) is 0 Å². The molecule has 0 saturated heterocycles. The van der Waals surface area contributed by atoms with Crippen molar-refractivity contribution in [2.24, 2.45) is 9.98 Å². The van der Waals surface area contributed by atoms with Crippen LogP contribution in [-0.2, 0) is 40.3 Å². The molecular formula is C43H37F12LiN2O5. The summed E-state index contributed by atoms with van der Waals surface area (Å²) in [7, 11) is 1.26. The maximum absolute atomic E-state index is 13.2. The van der Waals surface area contributed by atoms with Gasteiger partial charge in [-0.25, -0.2) is 9.59 Å². The van der Waals surface area contributed by atoms with Crippen LogP contribution in [0.5, 0.6) is 0 Å². The minimum atomic E-state index is -4.93. The molecule has 63 heavy (non-hydrogen) atoms. The van der Waals surface area contributed by atoms with Crippen LogP contribution >= 0.6 is 0 Å². The van der Waals surface area contributed by atoms with E-state index in [9.17, 15) is 62.3 Å². The zero-order chi connectivity index (χ0) is 45.7. The number of aryl methyl sites for hydroxylation is 2. The summed E-state index contributed by atoms with van der Waals surface area (Å²) >= 11 is 0. The van der Waals surface area contributed by atoms with E-state index in [1.807, 2.05) is 0 Å². The minimum absolute atomic E-state index is 0. The average molecular weight is 897 g/mol. The van der Waals surface area contributed by atoms with Gasteiger partial charge in [-0.1, -0.05) is 38.1 Å². The molecule has 2 aliphatic heterocycles. The molecule has 2 N–H and O–H groups in total. The Kier molecular flexibility index (Phi) is 15.4. The predicted octanol–water partition coefficient (Wildman–Crippen LogP) is 9.32. The number of aromatic carboxylic acids is 1. The molecular weight excluding hydrogens is 859 g/mol. The predicted molar refractivity (Wildman–Crippen MR) is 202 cm³/mol. The number of hydrogen-bond donors (Lipinski definition) is 1. The maximum atomic E-state index is 13.2. The fourth-order valence-electron chi connectivity index (χ4n) is 7.25. The van der Waals surface area contributed by atoms with Crippen LogP contribution < -0.4 is 18.9 Å². The van der Waals surface area contributed by atoms with Crippen molar-refractivity contribution in [1.29, 1.82) is 0 Å². The summed E-state index contributed by atoms with van der Waals surface area (Å²) in [4.78, 5) is 31.6. The van der Waals surface area contributed by atoms with Crippen molar-refractivity contribution in [3.8, 4) is 0 Å². The number of alkyl halides is 12. The first-order valence-corrected chi connectivity index (χ1v) is 18.2. The van der Waals surface area contributed by atoms with Gasteiger partial charge in [-0.15, -0.1) is 0 Å². The number of carboxylic acid groups (broad SMARTS) is 1. The molecule has 4 aromatic carbocycles. The van der Waals surface area contributed by atoms with Gasteiger partial charge < -0.3 is 15.3 Å². The maximum Gasteiger partial charge on any atom is 1.00 e. The number of carboxylic acids is 1. The number of aliphatic imine (C=N–C) groups is 2. The second-order valence-corrected chi connectivity index (χ2v) is 15.4. The number of hydrogen-bond acceptors (Lipinski definition) is 6. The second kappa shape index (κ2) is 18.5. The van der Waals surface area contributed by atoms with Crippen LogP contribution in [0, 0.1) is 13.8 Å². The van der Waals surface area contributed by atoms with Crippen LogP contribution in [0.4, 0.5) is 52.7 Å². The Morgan fingerprint density at radius 1 is 0.587 bits per heavy atom. The van der Waals surface area contributed by atoms with Crippen molar-refractivity contribution >= 4 is 24.4 Å². The van der Waals surface area contributed by atoms with Crippen molar-refractivity contribution in [1.82, 2.24) is 0 Å². The van der Waals surface area contributed by atoms with Crippen molar-refractivity contribution in [2.45, 2.75) is 88.2 Å². The van der Waals surface area contributed by atoms with Crippen LogP contribution in [0.3, 0.4) is 0 Å². The van der Waals surface area contributed by atoms with Gasteiger partial charge in [0.15, 0.2) is 0 Å². The van der Waals surface area contributed by atoms with E-state index >= 15 is 0 Å². The summed E-state index contributed by atoms with van der Waals surface area (Å²) in [5.74, 6) is -1.60. The molecule has 0 amide bonds. The standard InChI is InChI=1S/C22H19F6NO2.C21H17F6NO2.Li.H2O/c1-12-6-13(4-5-17(12)19(30)31-3)18-10-20(2,11-29-18)14-7-15(21(23,24)25)9-16(8-14)22(26,27)28;1-11-5-12(3-4-16(11)18(29)30)17-9-19(2,10-28-17)13-6-14(20(22,23)24)8-15(7-13)21(25,26)27;;/h4-9,11,18H,10H2,1-3H3;3-8,10,17H,9H2,1-2H3,(H,29,30);;1H2/q;;+1;/p-1. The number of halogens is 12. The molecule has 2 heterocycles. The quantitative estimate of drug-likeness (QED) is 0.118. The van der Waals surface area contributed by atoms with Crippen molar-refractivity contribution in [3.05, 3.63) is 140 Å². The first-order valence-electron chi connectivity index (χ1n) is 18.2. The molecule has 0 saturated carbocycles. The zero-order valence-electron chi connectivity index (χ0n) is 34.2. The Morgan fingerprint density at radius 3 is 1.17 bits per heavy atom. The number of carbonyl (C=O) groups excluding carboxylic acids is 1. The minimum Gasteiger partial charge on any atom is -0.870 e. The molecule has 334 valence electrons. The summed E-state index contributed by atoms with van der Waals surface area (Å²) in [5.41, 5.74) is -5.02. The van der Waals surface area contributed by atoms with Crippen LogP contribution in [-0.4, -0.2) is 42.1 Å². The fourth-order valence-corrected chi connectivity index (χ4v) is 7.25. The topological polar surface area (TPSA) is 118 Å². The average Bonchev–Trinajstić information content (AvgIpc) is 3.77. The Bertz CT molecular complexity index is 2350. The van der Waals surface area contributed by atoms with Crippen LogP contribution in [0.25, 0.3) is 0 Å². The molecule has 0 aromatic heterocycles. The van der Waals surface area contributed by atoms with Gasteiger partial charge in [-0.3, -0.25) is 9.98 Å². The molecule has 4 aromatic rings. The number of carbonyl (C=O) groups is 2. The van der Waals surface area contributed by atoms with E-state index in [4.69, 9.17) is 9.84 Å². The van der Waals surface area contributed by atoms with E-state index in [1.54, 1.807) is 51.1 Å². The van der Waals surface area contributed by atoms with Crippen molar-refractivity contribution < 1.29 is 96.5 Å². The van der Waals surface area contributed by atoms with Crippen molar-refractivity contribution in [3.63, 3.8) is 0 Å². The largest absolute Gasteiger partial charge is 1.00 e. The van der Waals surface area contributed by atoms with Gasteiger partial charge >= 0.3 is 55.5 Å². The van der Waals surface area contributed by atoms with E-state index in [0.717, 1.165) is 24.3 Å². The van der Waals surface area contributed by atoms with Gasteiger partial charge in [0.25, 0.3) is 0 Å². The smallest absolute Gasteiger partial charge is 0.870 e. The first kappa shape index (κ1) is 52.2. The van der Waals surface area contributed by atoms with Gasteiger partial charge in [-0.2, -0.15) is 52.7 Å². The Labute approximate surface area is 364 Å². The SMILES string of the molecule is COC(=O)c1ccc(C2CC(C)(c3cc(C(F)(F)F)cc(C(F)(F)F)c3)C=N2)cc1C.Cc1cc(C2CC(C)(c3cc(C(F)(F)F)cc(C(F)(F)F)c3)C=N2)ccc1C(=O)O.[Li+].[OH-]. The van der Waals surface area contributed by atoms with Crippen molar-refractivity contribution in [2.75, 3.05) is 7.11 Å². The van der Waals surface area contributed by atoms with E-state index in [-0.39, 0.29) is 66.0 Å². The van der Waals surface area contributed by atoms with Crippen LogP contribution in [0.2, 0.25) is 0 Å². The summed E-state index contributed by atoms with van der Waals surface area (Å²) < 4.78 is 163. The molecule has 4 unspecified atom stereocenters. The molecule has 7 nitrogen and oxygen atoms in total. The summed E-state index contributed by atoms with van der Waals surface area (Å²) in [6.45, 7) is 6.40. The third kappa shape index (κ3) is 11.7. The van der Waals surface area contributed by atoms with E-state index in [2.05, 4.69) is 9.98 Å². The normalized spacial score (nSPS) is 20.9. The van der Waals surface area contributed by atoms with Gasteiger partial charge in [0.05, 0.1) is 52.6 Å². The van der Waals surface area contributed by atoms with E-state index in [0.29, 0.717) is 27.8 Å². The second-order valence-electron chi connectivity index (χ2n) is 15.4. The van der Waals surface area contributed by atoms with Crippen LogP contribution in [0.15, 0.2) is 82.8 Å². The number of benzene rings is 4. The summed E-state index contributed by atoms with van der Waals surface area (Å²) in [6, 6.07) is 11.7. The van der Waals surface area contributed by atoms with Crippen LogP contribution in [0.1, 0.15) is 115 Å². The third-order valence-electron chi connectivity index (χ3n) is 10.7. The summed E-state index contributed by atoms with van der Waals surface area (Å²) in [5, 5.41) is 9.12. The molecule has 20 heteroatoms. The fraction of sp³-hybridized carbons (Fsp3) is 0.349. The Balaban J connectivity index is 0.000000325. The molecule has 0 bridgehead atoms. The van der Waals surface area contributed by atoms with Gasteiger partial charge in [-0.05, 0) is 109 Å². The van der Waals surface area contributed by atoms with E-state index in [1.165, 1.54) is 32.5 Å². The number of nitrogens with zero attached hydrogens (tertiary/aromatic N) is 2. The third-order valence-corrected chi connectivity index (χ3v) is 10.7. The number of methoxy groups -OCH3 is 1. The molecule has 4 atom stereocenters. The number of ether oxygens (including phenoxy) is 1. The Hall–Kier alpha value is -5.12. The molecule has 0 spiro atoms. The Morgan fingerprint density at radius 2 is 0.905 bits per heavy atom. The number of rotatable bonds is 6. The molecule has 0 aliphatic carbocycles. The summed E-state index contributed by atoms with van der Waals surface area (Å²) in [6.07, 6.45) is -16.6. The zero-order valence-corrected chi connectivity index (χ0v) is 34.2. The van der Waals surface area contributed by atoms with Gasteiger partial charge in [0, 0.05) is 23.3 Å². The van der Waals surface area contributed by atoms with E-state index < -0.39 is 81.8 Å². The monoisotopic (exact) mass is 896 g/mol. The molecule has 0 fully saturated rings. The van der Waals surface area contributed by atoms with Gasteiger partial charge in [0.2, 0.25) is 0 Å². The molecule has 6 rings (SSSR count).